The average molecular weight is 442 g/mol. The van der Waals surface area contributed by atoms with Gasteiger partial charge in [-0.15, -0.1) is 0 Å². The minimum absolute atomic E-state index is 0.0469. The normalized spacial score (nSPS) is 26.9. The molecule has 2 N–H and O–H groups in total. The second-order valence-electron chi connectivity index (χ2n) is 10.3. The van der Waals surface area contributed by atoms with Gasteiger partial charge in [0.05, 0.1) is 17.8 Å². The Morgan fingerprint density at radius 3 is 2.84 bits per heavy atom. The number of urea groups is 1. The number of H-pyrrole nitrogens is 1. The lowest BCUT2D eigenvalue weighted by Crippen LogP contribution is -2.65. The fourth-order valence-electron chi connectivity index (χ4n) is 5.59. The SMILES string of the molecule is Cc1ccc(F)c(Nc2n[nH]c3c2CN(C(=O)N2C[C@]4(C)CCCN4C[C@@H]2C)C3(C)C)n1. The number of aromatic amines is 1. The largest absolute Gasteiger partial charge is 0.321 e. The van der Waals surface area contributed by atoms with E-state index < -0.39 is 11.4 Å². The number of hydrogen-bond acceptors (Lipinski definition) is 5. The lowest BCUT2D eigenvalue weighted by molar-refractivity contribution is 0.00691. The molecule has 8 nitrogen and oxygen atoms in total. The molecule has 2 saturated heterocycles. The van der Waals surface area contributed by atoms with Crippen LogP contribution in [0.4, 0.5) is 20.8 Å². The highest BCUT2D eigenvalue weighted by Crippen LogP contribution is 2.43. The molecule has 0 aromatic carbocycles. The molecule has 2 aromatic heterocycles. The second kappa shape index (κ2) is 7.16. The van der Waals surface area contributed by atoms with Crippen molar-refractivity contribution in [3.05, 3.63) is 34.9 Å². The van der Waals surface area contributed by atoms with Gasteiger partial charge in [0.15, 0.2) is 17.5 Å². The quantitative estimate of drug-likeness (QED) is 0.742. The van der Waals surface area contributed by atoms with E-state index >= 15 is 0 Å². The molecule has 2 amide bonds. The Kier molecular flexibility index (Phi) is 4.74. The minimum atomic E-state index is -0.550. The van der Waals surface area contributed by atoms with Gasteiger partial charge in [0.2, 0.25) is 0 Å². The maximum absolute atomic E-state index is 14.3. The number of pyridine rings is 1. The van der Waals surface area contributed by atoms with Gasteiger partial charge in [0.1, 0.15) is 0 Å². The Morgan fingerprint density at radius 1 is 1.28 bits per heavy atom. The van der Waals surface area contributed by atoms with Crippen molar-refractivity contribution in [1.29, 1.82) is 0 Å². The van der Waals surface area contributed by atoms with E-state index in [4.69, 9.17) is 0 Å². The van der Waals surface area contributed by atoms with E-state index in [1.165, 1.54) is 12.5 Å². The van der Waals surface area contributed by atoms with Crippen LogP contribution in [0.15, 0.2) is 12.1 Å². The molecular formula is C23H32FN7O. The van der Waals surface area contributed by atoms with Crippen molar-refractivity contribution >= 4 is 17.7 Å². The molecule has 172 valence electrons. The Bertz CT molecular complexity index is 1070. The van der Waals surface area contributed by atoms with Crippen LogP contribution in [0.1, 0.15) is 57.5 Å². The maximum Gasteiger partial charge on any atom is 0.321 e. The lowest BCUT2D eigenvalue weighted by atomic mass is 9.94. The van der Waals surface area contributed by atoms with Gasteiger partial charge in [0.25, 0.3) is 0 Å². The summed E-state index contributed by atoms with van der Waals surface area (Å²) in [5.41, 5.74) is 1.98. The average Bonchev–Trinajstić information content (AvgIpc) is 3.38. The fraction of sp³-hybridized carbons (Fsp3) is 0.609. The summed E-state index contributed by atoms with van der Waals surface area (Å²) in [7, 11) is 0. The fourth-order valence-corrected chi connectivity index (χ4v) is 5.59. The van der Waals surface area contributed by atoms with E-state index in [9.17, 15) is 9.18 Å². The van der Waals surface area contributed by atoms with Gasteiger partial charge in [-0.3, -0.25) is 10.00 Å². The standard InChI is InChI=1S/C23H32FN7O/c1-14-7-8-17(24)20(25-14)26-19-16-12-31(22(3,4)18(16)27-28-19)21(32)30-13-23(5)9-6-10-29(23)11-15(30)2/h7-8,15H,6,9-13H2,1-5H3,(H2,25,26,27,28)/t15-,23-/m0/s1. The zero-order valence-corrected chi connectivity index (χ0v) is 19.5. The topological polar surface area (TPSA) is 80.4 Å². The zero-order chi connectivity index (χ0) is 22.8. The number of fused-ring (bicyclic) bond motifs is 2. The molecule has 0 bridgehead atoms. The van der Waals surface area contributed by atoms with E-state index in [-0.39, 0.29) is 23.4 Å². The van der Waals surface area contributed by atoms with Crippen LogP contribution in [0.5, 0.6) is 0 Å². The number of carbonyl (C=O) groups excluding carboxylic acids is 1. The number of hydrogen-bond donors (Lipinski definition) is 2. The smallest absolute Gasteiger partial charge is 0.321 e. The van der Waals surface area contributed by atoms with E-state index in [2.05, 4.69) is 39.2 Å². The summed E-state index contributed by atoms with van der Waals surface area (Å²) in [5, 5.41) is 10.5. The van der Waals surface area contributed by atoms with Crippen LogP contribution < -0.4 is 5.32 Å². The van der Waals surface area contributed by atoms with Crippen LogP contribution in [0.2, 0.25) is 0 Å². The van der Waals surface area contributed by atoms with Crippen molar-refractivity contribution in [1.82, 2.24) is 29.9 Å². The van der Waals surface area contributed by atoms with Crippen molar-refractivity contribution in [3.8, 4) is 0 Å². The van der Waals surface area contributed by atoms with Crippen LogP contribution >= 0.6 is 0 Å². The van der Waals surface area contributed by atoms with Crippen LogP contribution in [0.25, 0.3) is 0 Å². The highest BCUT2D eigenvalue weighted by atomic mass is 19.1. The third-order valence-corrected chi connectivity index (χ3v) is 7.60. The lowest BCUT2D eigenvalue weighted by Gasteiger charge is -2.50. The molecule has 0 spiro atoms. The monoisotopic (exact) mass is 441 g/mol. The zero-order valence-electron chi connectivity index (χ0n) is 19.5. The van der Waals surface area contributed by atoms with Crippen molar-refractivity contribution in [2.75, 3.05) is 25.0 Å². The highest BCUT2D eigenvalue weighted by molar-refractivity contribution is 5.78. The number of aryl methyl sites for hydroxylation is 1. The summed E-state index contributed by atoms with van der Waals surface area (Å²) in [6, 6.07) is 3.22. The van der Waals surface area contributed by atoms with Crippen molar-refractivity contribution < 1.29 is 9.18 Å². The predicted molar refractivity (Wildman–Crippen MR) is 120 cm³/mol. The number of aromatic nitrogens is 3. The summed E-state index contributed by atoms with van der Waals surface area (Å²) < 4.78 is 14.3. The number of nitrogens with zero attached hydrogens (tertiary/aromatic N) is 5. The summed E-state index contributed by atoms with van der Waals surface area (Å²) in [5.74, 6) is 0.218. The number of carbonyl (C=O) groups is 1. The molecule has 3 aliphatic heterocycles. The second-order valence-corrected chi connectivity index (χ2v) is 10.3. The van der Waals surface area contributed by atoms with Crippen molar-refractivity contribution in [2.45, 2.75) is 71.1 Å². The van der Waals surface area contributed by atoms with Gasteiger partial charge in [-0.25, -0.2) is 14.2 Å². The van der Waals surface area contributed by atoms with E-state index in [1.54, 1.807) is 6.07 Å². The first-order valence-corrected chi connectivity index (χ1v) is 11.4. The molecule has 2 aromatic rings. The molecule has 2 fully saturated rings. The number of anilines is 2. The van der Waals surface area contributed by atoms with E-state index in [1.807, 2.05) is 30.6 Å². The number of nitrogens with one attached hydrogen (secondary N) is 2. The Balaban J connectivity index is 1.40. The molecule has 3 aliphatic rings. The minimum Gasteiger partial charge on any atom is -0.321 e. The van der Waals surface area contributed by atoms with E-state index in [0.717, 1.165) is 37.3 Å². The van der Waals surface area contributed by atoms with Gasteiger partial charge in [-0.05, 0) is 66.1 Å². The Hall–Kier alpha value is -2.68. The summed E-state index contributed by atoms with van der Waals surface area (Å²) in [4.78, 5) is 24.5. The predicted octanol–water partition coefficient (Wildman–Crippen LogP) is 3.73. The van der Waals surface area contributed by atoms with Crippen LogP contribution in [-0.2, 0) is 12.1 Å². The first kappa shape index (κ1) is 21.2. The maximum atomic E-state index is 14.3. The molecule has 5 heterocycles. The molecule has 9 heteroatoms. The molecular weight excluding hydrogens is 409 g/mol. The summed E-state index contributed by atoms with van der Waals surface area (Å²) in [6.07, 6.45) is 2.31. The number of rotatable bonds is 2. The molecule has 5 rings (SSSR count). The molecule has 32 heavy (non-hydrogen) atoms. The first-order chi connectivity index (χ1) is 15.1. The van der Waals surface area contributed by atoms with E-state index in [0.29, 0.717) is 18.1 Å². The summed E-state index contributed by atoms with van der Waals surface area (Å²) in [6.45, 7) is 13.5. The van der Waals surface area contributed by atoms with Gasteiger partial charge >= 0.3 is 6.03 Å². The van der Waals surface area contributed by atoms with Crippen molar-refractivity contribution in [3.63, 3.8) is 0 Å². The van der Waals surface area contributed by atoms with Crippen LogP contribution in [0, 0.1) is 12.7 Å². The molecule has 0 unspecified atom stereocenters. The molecule has 0 radical (unpaired) electrons. The number of piperazine rings is 1. The summed E-state index contributed by atoms with van der Waals surface area (Å²) >= 11 is 0. The van der Waals surface area contributed by atoms with Gasteiger partial charge in [-0.2, -0.15) is 5.10 Å². The Labute approximate surface area is 188 Å². The highest BCUT2D eigenvalue weighted by Gasteiger charge is 2.50. The van der Waals surface area contributed by atoms with Crippen molar-refractivity contribution in [2.24, 2.45) is 0 Å². The van der Waals surface area contributed by atoms with Gasteiger partial charge < -0.3 is 15.1 Å². The van der Waals surface area contributed by atoms with Crippen LogP contribution in [-0.4, -0.2) is 67.1 Å². The van der Waals surface area contributed by atoms with Crippen LogP contribution in [0.3, 0.4) is 0 Å². The third kappa shape index (κ3) is 3.17. The number of halogens is 1. The molecule has 2 atom stereocenters. The first-order valence-electron chi connectivity index (χ1n) is 11.4. The number of amides is 2. The van der Waals surface area contributed by atoms with Gasteiger partial charge in [-0.1, -0.05) is 0 Å². The van der Waals surface area contributed by atoms with Gasteiger partial charge in [0, 0.05) is 35.9 Å². The Morgan fingerprint density at radius 2 is 2.06 bits per heavy atom. The molecule has 0 aliphatic carbocycles. The third-order valence-electron chi connectivity index (χ3n) is 7.60. The molecule has 0 saturated carbocycles.